The summed E-state index contributed by atoms with van der Waals surface area (Å²) in [5, 5.41) is 2.84. The molecule has 1 rings (SSSR count). The number of aromatic nitrogens is 1. The van der Waals surface area contributed by atoms with E-state index >= 15 is 0 Å². The van der Waals surface area contributed by atoms with Crippen molar-refractivity contribution in [3.8, 4) is 0 Å². The molecule has 1 aromatic heterocycles. The van der Waals surface area contributed by atoms with E-state index in [1.54, 1.807) is 18.5 Å². The number of unbranched alkanes of at least 4 members (excludes halogenated alkanes) is 2. The Hall–Kier alpha value is -0.900. The van der Waals surface area contributed by atoms with E-state index in [0.29, 0.717) is 6.42 Å². The van der Waals surface area contributed by atoms with Crippen LogP contribution in [0.4, 0.5) is 5.69 Å². The van der Waals surface area contributed by atoms with Crippen LogP contribution in [0.1, 0.15) is 32.6 Å². The average Bonchev–Trinajstić information content (AvgIpc) is 2.22. The summed E-state index contributed by atoms with van der Waals surface area (Å²) in [4.78, 5) is 15.4. The van der Waals surface area contributed by atoms with E-state index in [2.05, 4.69) is 33.2 Å². The number of carbonyl (C=O) groups excluding carboxylic acids is 1. The van der Waals surface area contributed by atoms with Crippen LogP contribution < -0.4 is 5.32 Å². The van der Waals surface area contributed by atoms with Crippen molar-refractivity contribution < 1.29 is 4.79 Å². The van der Waals surface area contributed by atoms with Gasteiger partial charge < -0.3 is 5.32 Å². The molecule has 0 saturated carbocycles. The molecule has 0 unspecified atom stereocenters. The molecule has 0 saturated heterocycles. The predicted molar refractivity (Wildman–Crippen MR) is 64.7 cm³/mol. The molecule has 0 bridgehead atoms. The minimum absolute atomic E-state index is 0.0651. The smallest absolute Gasteiger partial charge is 0.224 e. The number of hydrogen-bond donors (Lipinski definition) is 1. The number of amides is 1. The van der Waals surface area contributed by atoms with Crippen LogP contribution in [0.25, 0.3) is 0 Å². The lowest BCUT2D eigenvalue weighted by Crippen LogP contribution is -2.11. The maximum Gasteiger partial charge on any atom is 0.224 e. The molecule has 0 aromatic carbocycles. The monoisotopic (exact) mass is 270 g/mol. The van der Waals surface area contributed by atoms with Gasteiger partial charge in [0.15, 0.2) is 0 Å². The Kier molecular flexibility index (Phi) is 5.32. The third-order valence-corrected chi connectivity index (χ3v) is 2.69. The van der Waals surface area contributed by atoms with Crippen LogP contribution in [0, 0.1) is 0 Å². The highest BCUT2D eigenvalue weighted by Gasteiger charge is 2.04. The van der Waals surface area contributed by atoms with Crippen LogP contribution in [0.3, 0.4) is 0 Å². The normalized spacial score (nSPS) is 10.0. The highest BCUT2D eigenvalue weighted by Crippen LogP contribution is 2.20. The Balaban J connectivity index is 2.41. The molecule has 0 atom stereocenters. The van der Waals surface area contributed by atoms with Gasteiger partial charge in [0.1, 0.15) is 0 Å². The van der Waals surface area contributed by atoms with Gasteiger partial charge in [0.2, 0.25) is 5.91 Å². The number of nitrogens with zero attached hydrogens (tertiary/aromatic N) is 1. The zero-order chi connectivity index (χ0) is 11.1. The SMILES string of the molecule is CCCCCC(=O)Nc1ccncc1Br. The lowest BCUT2D eigenvalue weighted by atomic mass is 10.2. The zero-order valence-electron chi connectivity index (χ0n) is 8.79. The average molecular weight is 271 g/mol. The highest BCUT2D eigenvalue weighted by atomic mass is 79.9. The van der Waals surface area contributed by atoms with Gasteiger partial charge in [-0.1, -0.05) is 19.8 Å². The van der Waals surface area contributed by atoms with Crippen LogP contribution in [-0.4, -0.2) is 10.9 Å². The number of rotatable bonds is 5. The lowest BCUT2D eigenvalue weighted by Gasteiger charge is -2.06. The first-order valence-electron chi connectivity index (χ1n) is 5.13. The molecule has 1 amide bonds. The Morgan fingerprint density at radius 2 is 2.33 bits per heavy atom. The van der Waals surface area contributed by atoms with Crippen LogP contribution in [0.5, 0.6) is 0 Å². The molecule has 0 aliphatic rings. The highest BCUT2D eigenvalue weighted by molar-refractivity contribution is 9.10. The summed E-state index contributed by atoms with van der Waals surface area (Å²) in [5.41, 5.74) is 0.784. The Morgan fingerprint density at radius 3 is 3.00 bits per heavy atom. The fraction of sp³-hybridized carbons (Fsp3) is 0.455. The second-order valence-corrected chi connectivity index (χ2v) is 4.22. The van der Waals surface area contributed by atoms with Crippen LogP contribution in [-0.2, 0) is 4.79 Å². The van der Waals surface area contributed by atoms with E-state index in [1.807, 2.05) is 0 Å². The first kappa shape index (κ1) is 12.2. The van der Waals surface area contributed by atoms with Crippen molar-refractivity contribution in [2.45, 2.75) is 32.6 Å². The van der Waals surface area contributed by atoms with Gasteiger partial charge in [-0.25, -0.2) is 0 Å². The van der Waals surface area contributed by atoms with E-state index in [4.69, 9.17) is 0 Å². The molecule has 0 fully saturated rings. The molecule has 3 nitrogen and oxygen atoms in total. The topological polar surface area (TPSA) is 42.0 Å². The third kappa shape index (κ3) is 4.42. The molecule has 1 N–H and O–H groups in total. The molecule has 0 spiro atoms. The summed E-state index contributed by atoms with van der Waals surface area (Å²) in [6, 6.07) is 1.78. The minimum Gasteiger partial charge on any atom is -0.325 e. The largest absolute Gasteiger partial charge is 0.325 e. The summed E-state index contributed by atoms with van der Waals surface area (Å²) in [6.45, 7) is 2.12. The Morgan fingerprint density at radius 1 is 1.53 bits per heavy atom. The second-order valence-electron chi connectivity index (χ2n) is 3.36. The number of pyridine rings is 1. The number of nitrogens with one attached hydrogen (secondary N) is 1. The molecular weight excluding hydrogens is 256 g/mol. The molecule has 0 aliphatic carbocycles. The number of halogens is 1. The van der Waals surface area contributed by atoms with Crippen molar-refractivity contribution in [2.24, 2.45) is 0 Å². The van der Waals surface area contributed by atoms with Crippen molar-refractivity contribution in [3.05, 3.63) is 22.9 Å². The summed E-state index contributed by atoms with van der Waals surface area (Å²) >= 11 is 3.33. The Bertz CT molecular complexity index is 328. The van der Waals surface area contributed by atoms with E-state index in [0.717, 1.165) is 29.4 Å². The van der Waals surface area contributed by atoms with Crippen molar-refractivity contribution in [3.63, 3.8) is 0 Å². The van der Waals surface area contributed by atoms with Gasteiger partial charge in [-0.2, -0.15) is 0 Å². The maximum absolute atomic E-state index is 11.5. The molecule has 0 radical (unpaired) electrons. The predicted octanol–water partition coefficient (Wildman–Crippen LogP) is 3.36. The fourth-order valence-corrected chi connectivity index (χ4v) is 1.57. The summed E-state index contributed by atoms with van der Waals surface area (Å²) in [5.74, 6) is 0.0651. The summed E-state index contributed by atoms with van der Waals surface area (Å²) in [6.07, 6.45) is 7.10. The zero-order valence-corrected chi connectivity index (χ0v) is 10.4. The first-order chi connectivity index (χ1) is 7.24. The molecular formula is C11H15BrN2O. The number of carbonyl (C=O) groups is 1. The van der Waals surface area contributed by atoms with E-state index < -0.39 is 0 Å². The van der Waals surface area contributed by atoms with Gasteiger partial charge in [-0.3, -0.25) is 9.78 Å². The van der Waals surface area contributed by atoms with Crippen LogP contribution in [0.2, 0.25) is 0 Å². The first-order valence-corrected chi connectivity index (χ1v) is 5.92. The quantitative estimate of drug-likeness (QED) is 0.834. The van der Waals surface area contributed by atoms with Crippen LogP contribution >= 0.6 is 15.9 Å². The molecule has 4 heteroatoms. The van der Waals surface area contributed by atoms with Crippen molar-refractivity contribution in [2.75, 3.05) is 5.32 Å². The van der Waals surface area contributed by atoms with Crippen LogP contribution in [0.15, 0.2) is 22.9 Å². The number of anilines is 1. The summed E-state index contributed by atoms with van der Waals surface area (Å²) < 4.78 is 0.814. The summed E-state index contributed by atoms with van der Waals surface area (Å²) in [7, 11) is 0. The van der Waals surface area contributed by atoms with Crippen molar-refractivity contribution in [1.82, 2.24) is 4.98 Å². The van der Waals surface area contributed by atoms with E-state index in [-0.39, 0.29) is 5.91 Å². The van der Waals surface area contributed by atoms with Gasteiger partial charge in [-0.05, 0) is 28.4 Å². The molecule has 0 aliphatic heterocycles. The Labute approximate surface area is 98.4 Å². The maximum atomic E-state index is 11.5. The molecule has 1 aromatic rings. The van der Waals surface area contributed by atoms with E-state index in [9.17, 15) is 4.79 Å². The van der Waals surface area contributed by atoms with Gasteiger partial charge >= 0.3 is 0 Å². The number of hydrogen-bond acceptors (Lipinski definition) is 2. The van der Waals surface area contributed by atoms with Gasteiger partial charge in [0, 0.05) is 18.8 Å². The molecule has 1 heterocycles. The lowest BCUT2D eigenvalue weighted by molar-refractivity contribution is -0.116. The van der Waals surface area contributed by atoms with Crippen molar-refractivity contribution in [1.29, 1.82) is 0 Å². The van der Waals surface area contributed by atoms with Gasteiger partial charge in [0.05, 0.1) is 10.2 Å². The van der Waals surface area contributed by atoms with Crippen molar-refractivity contribution >= 4 is 27.5 Å². The minimum atomic E-state index is 0.0651. The van der Waals surface area contributed by atoms with E-state index in [1.165, 1.54) is 0 Å². The second kappa shape index (κ2) is 6.56. The molecule has 15 heavy (non-hydrogen) atoms. The fourth-order valence-electron chi connectivity index (χ4n) is 1.22. The molecule has 82 valence electrons. The van der Waals surface area contributed by atoms with Gasteiger partial charge in [0.25, 0.3) is 0 Å². The third-order valence-electron chi connectivity index (χ3n) is 2.05. The standard InChI is InChI=1S/C11H15BrN2O/c1-2-3-4-5-11(15)14-10-6-7-13-8-9(10)12/h6-8H,2-5H2,1H3,(H,13,14,15). The van der Waals surface area contributed by atoms with Gasteiger partial charge in [-0.15, -0.1) is 0 Å².